The first-order chi connectivity index (χ1) is 34.5. The highest BCUT2D eigenvalue weighted by molar-refractivity contribution is 5.99. The summed E-state index contributed by atoms with van der Waals surface area (Å²) in [5.74, 6) is -5.75. The molecule has 0 heterocycles. The summed E-state index contributed by atoms with van der Waals surface area (Å²) in [4.78, 5) is 84.4. The largest absolute Gasteiger partial charge is 0.491 e. The third kappa shape index (κ3) is 20.0. The zero-order valence-electron chi connectivity index (χ0n) is 39.3. The van der Waals surface area contributed by atoms with E-state index in [0.29, 0.717) is 50.1 Å². The van der Waals surface area contributed by atoms with Crippen LogP contribution in [0.15, 0.2) is 94.9 Å². The first-order valence-electron chi connectivity index (χ1n) is 22.6. The van der Waals surface area contributed by atoms with Crippen LogP contribution in [0.4, 0.5) is 11.4 Å². The fraction of sp³-hybridized carbons (Fsp3) is 0.333. The lowest BCUT2D eigenvalue weighted by Gasteiger charge is -2.16. The topological polar surface area (TPSA) is 403 Å². The molecule has 16 N–H and O–H groups in total. The number of aliphatic imine (C=N–C) groups is 2. The van der Waals surface area contributed by atoms with Crippen molar-refractivity contribution < 1.29 is 67.4 Å². The number of nitrogens with one attached hydrogen (secondary N) is 2. The van der Waals surface area contributed by atoms with Crippen molar-refractivity contribution in [3.63, 3.8) is 0 Å². The van der Waals surface area contributed by atoms with Gasteiger partial charge in [-0.3, -0.25) is 9.59 Å². The van der Waals surface area contributed by atoms with Crippen molar-refractivity contribution in [3.8, 4) is 23.0 Å². The number of guanidine groups is 2. The van der Waals surface area contributed by atoms with Gasteiger partial charge >= 0.3 is 23.9 Å². The average Bonchev–Trinajstić information content (AvgIpc) is 3.33. The summed E-state index contributed by atoms with van der Waals surface area (Å²) in [6.07, 6.45) is 2.36. The maximum absolute atomic E-state index is 13.3. The van der Waals surface area contributed by atoms with E-state index in [1.54, 1.807) is 0 Å². The number of nitrogens with zero attached hydrogens (tertiary/aromatic N) is 2. The van der Waals surface area contributed by atoms with Gasteiger partial charge in [-0.25, -0.2) is 29.2 Å². The van der Waals surface area contributed by atoms with Crippen molar-refractivity contribution in [3.05, 3.63) is 107 Å². The second-order valence-electron chi connectivity index (χ2n) is 15.6. The number of ether oxygens (including phenoxy) is 6. The van der Waals surface area contributed by atoms with E-state index < -0.39 is 47.8 Å². The van der Waals surface area contributed by atoms with Gasteiger partial charge in [0.05, 0.1) is 48.9 Å². The molecule has 0 saturated carbocycles. The fourth-order valence-electron chi connectivity index (χ4n) is 6.41. The highest BCUT2D eigenvalue weighted by Gasteiger charge is 2.24. The van der Waals surface area contributed by atoms with Crippen molar-refractivity contribution >= 4 is 59.0 Å². The third-order valence-corrected chi connectivity index (χ3v) is 9.89. The van der Waals surface area contributed by atoms with Crippen LogP contribution in [0, 0.1) is 0 Å². The smallest absolute Gasteiger partial charge is 0.343 e. The van der Waals surface area contributed by atoms with Crippen LogP contribution in [-0.2, 0) is 19.1 Å². The monoisotopic (exact) mass is 1000 g/mol. The second-order valence-corrected chi connectivity index (χ2v) is 15.6. The summed E-state index contributed by atoms with van der Waals surface area (Å²) in [5, 5.41) is 24.4. The van der Waals surface area contributed by atoms with Crippen molar-refractivity contribution in [1.82, 2.24) is 10.6 Å². The quantitative estimate of drug-likeness (QED) is 0.0113. The second kappa shape index (κ2) is 29.7. The lowest BCUT2D eigenvalue weighted by molar-refractivity contribution is -0.140. The molecule has 0 aliphatic rings. The van der Waals surface area contributed by atoms with Crippen LogP contribution < -0.4 is 64.0 Å². The number of nitrogens with two attached hydrogens (primary N) is 6. The Morgan fingerprint density at radius 2 is 0.819 bits per heavy atom. The van der Waals surface area contributed by atoms with Gasteiger partial charge in [0.15, 0.2) is 11.9 Å². The van der Waals surface area contributed by atoms with Crippen LogP contribution >= 0.6 is 0 Å². The summed E-state index contributed by atoms with van der Waals surface area (Å²) in [6.45, 7) is 1.04. The maximum atomic E-state index is 13.3. The zero-order valence-corrected chi connectivity index (χ0v) is 39.3. The number of carbonyl (C=O) groups excluding carboxylic acids is 4. The maximum Gasteiger partial charge on any atom is 0.343 e. The first kappa shape index (κ1) is 56.3. The molecule has 4 aromatic rings. The van der Waals surface area contributed by atoms with Gasteiger partial charge in [-0.05, 0) is 124 Å². The van der Waals surface area contributed by atoms with Crippen LogP contribution in [0.25, 0.3) is 0 Å². The van der Waals surface area contributed by atoms with E-state index in [1.165, 1.54) is 84.9 Å². The molecule has 0 aliphatic carbocycles. The number of aliphatic carboxylic acids is 2. The first-order valence-corrected chi connectivity index (χ1v) is 22.6. The van der Waals surface area contributed by atoms with E-state index in [0.717, 1.165) is 0 Å². The number of amides is 2. The molecule has 72 heavy (non-hydrogen) atoms. The summed E-state index contributed by atoms with van der Waals surface area (Å²) in [5.41, 5.74) is 33.8. The number of carboxylic acids is 2. The molecule has 0 fully saturated rings. The number of benzene rings is 4. The molecule has 386 valence electrons. The lowest BCUT2D eigenvalue weighted by Crippen LogP contribution is -2.40. The number of rotatable bonds is 31. The minimum Gasteiger partial charge on any atom is -0.491 e. The number of hydrogen-bond donors (Lipinski definition) is 10. The van der Waals surface area contributed by atoms with Crippen LogP contribution in [-0.4, -0.2) is 123 Å². The van der Waals surface area contributed by atoms with Crippen molar-refractivity contribution in [2.24, 2.45) is 44.4 Å². The van der Waals surface area contributed by atoms with Gasteiger partial charge in [-0.2, -0.15) is 0 Å². The van der Waals surface area contributed by atoms with Crippen molar-refractivity contribution in [1.29, 1.82) is 0 Å². The van der Waals surface area contributed by atoms with Gasteiger partial charge in [-0.1, -0.05) is 0 Å². The van der Waals surface area contributed by atoms with Crippen LogP contribution in [0.3, 0.4) is 0 Å². The molecule has 24 heteroatoms. The van der Waals surface area contributed by atoms with Gasteiger partial charge in [0.25, 0.3) is 11.8 Å². The minimum absolute atomic E-state index is 0.0222. The highest BCUT2D eigenvalue weighted by Crippen LogP contribution is 2.27. The van der Waals surface area contributed by atoms with Crippen molar-refractivity contribution in [2.75, 3.05) is 52.7 Å². The Balaban J connectivity index is 1.34. The highest BCUT2D eigenvalue weighted by atomic mass is 16.6. The number of esters is 2. The predicted molar refractivity (Wildman–Crippen MR) is 263 cm³/mol. The SMILES string of the molecule is NCCCCC(NC(=O)c1cc(OCCOCCOCCOc2cc(OC(=O)c3ccc(N=C(N)N)cc3)cc(C(=O)N[C@H](CCCCN)C(=O)O)c2)cc(OC(=O)c2ccc(N=C(N)N)cc2)c1)C(=O)O. The Bertz CT molecular complexity index is 2340. The molecule has 24 nitrogen and oxygen atoms in total. The summed E-state index contributed by atoms with van der Waals surface area (Å²) >= 11 is 0. The molecule has 0 bridgehead atoms. The molecule has 0 aromatic heterocycles. The Morgan fingerprint density at radius 1 is 0.472 bits per heavy atom. The van der Waals surface area contributed by atoms with Gasteiger partial charge in [0.1, 0.15) is 48.3 Å². The molecule has 0 spiro atoms. The van der Waals surface area contributed by atoms with Gasteiger partial charge in [0, 0.05) is 23.3 Å². The number of carbonyl (C=O) groups is 6. The normalized spacial score (nSPS) is 11.5. The van der Waals surface area contributed by atoms with E-state index in [2.05, 4.69) is 20.6 Å². The molecule has 0 radical (unpaired) electrons. The molecule has 1 unspecified atom stereocenters. The van der Waals surface area contributed by atoms with Gasteiger partial charge in [-0.15, -0.1) is 0 Å². The van der Waals surface area contributed by atoms with Crippen LogP contribution in [0.2, 0.25) is 0 Å². The van der Waals surface area contributed by atoms with Gasteiger partial charge in [0.2, 0.25) is 0 Å². The summed E-state index contributed by atoms with van der Waals surface area (Å²) in [7, 11) is 0. The number of hydrogen-bond acceptors (Lipinski definition) is 16. The summed E-state index contributed by atoms with van der Waals surface area (Å²) < 4.78 is 34.0. The lowest BCUT2D eigenvalue weighted by atomic mass is 10.1. The molecule has 2 amide bonds. The van der Waals surface area contributed by atoms with Gasteiger partial charge < -0.3 is 83.7 Å². The Hall–Kier alpha value is -8.32. The zero-order chi connectivity index (χ0) is 52.4. The average molecular weight is 1000 g/mol. The molecular formula is C48H60N10O14. The molecule has 0 saturated heterocycles. The standard InChI is InChI=1S/C48H60N10O14/c49-15-3-1-5-39(43(61)62)57-41(59)31-23-35(27-37(25-31)71-45(65)29-7-11-33(12-8-29)55-47(51)52)69-21-19-67-17-18-68-20-22-70-36-24-32(42(60)58-40(44(63)64)6-2-4-16-50)26-38(28-36)72-46(66)30-9-13-34(14-10-30)56-48(53)54/h7-14,23-28,39-40H,1-6,15-22,49-50H2,(H,57,59)(H,58,60)(H,61,62)(H,63,64)(H4,51,52,55)(H4,53,54,56)/t39-,40?/m1/s1. The van der Waals surface area contributed by atoms with E-state index in [4.69, 9.17) is 62.8 Å². The Kier molecular flexibility index (Phi) is 23.2. The summed E-state index contributed by atoms with van der Waals surface area (Å²) in [6, 6.07) is 17.4. The Morgan fingerprint density at radius 3 is 1.15 bits per heavy atom. The minimum atomic E-state index is -1.23. The third-order valence-electron chi connectivity index (χ3n) is 9.89. The predicted octanol–water partition coefficient (Wildman–Crippen LogP) is 2.05. The van der Waals surface area contributed by atoms with Crippen LogP contribution in [0.1, 0.15) is 80.0 Å². The molecule has 0 aliphatic heterocycles. The van der Waals surface area contributed by atoms with E-state index in [1.807, 2.05) is 0 Å². The van der Waals surface area contributed by atoms with E-state index in [9.17, 15) is 39.0 Å². The van der Waals surface area contributed by atoms with E-state index in [-0.39, 0.29) is 110 Å². The molecular weight excluding hydrogens is 941 g/mol. The van der Waals surface area contributed by atoms with Crippen molar-refractivity contribution in [2.45, 2.75) is 50.6 Å². The van der Waals surface area contributed by atoms with E-state index >= 15 is 0 Å². The number of carboxylic acid groups (broad SMARTS) is 2. The number of unbranched alkanes of at least 4 members (excludes halogenated alkanes) is 2. The molecule has 2 atom stereocenters. The molecule has 4 rings (SSSR count). The fourth-order valence-corrected chi connectivity index (χ4v) is 6.41. The van der Waals surface area contributed by atoms with Crippen LogP contribution in [0.5, 0.6) is 23.0 Å². The Labute approximate surface area is 414 Å². The molecule has 4 aromatic carbocycles.